The number of carbonyl (C=O) groups is 1. The van der Waals surface area contributed by atoms with Crippen molar-refractivity contribution in [3.8, 4) is 11.9 Å². The van der Waals surface area contributed by atoms with Crippen molar-refractivity contribution in [2.75, 3.05) is 31.1 Å². The van der Waals surface area contributed by atoms with Gasteiger partial charge in [-0.2, -0.15) is 23.4 Å². The minimum absolute atomic E-state index is 0.0795. The number of anilines is 1. The largest absolute Gasteiger partial charge is 0.421 e. The molecule has 1 aromatic carbocycles. The molecule has 1 saturated heterocycles. The molecule has 0 spiro atoms. The van der Waals surface area contributed by atoms with Crippen LogP contribution < -0.4 is 15.0 Å². The third-order valence-corrected chi connectivity index (χ3v) is 5.88. The first kappa shape index (κ1) is 24.0. The van der Waals surface area contributed by atoms with Crippen LogP contribution in [-0.2, 0) is 19.1 Å². The fourth-order valence-electron chi connectivity index (χ4n) is 4.14. The molecule has 1 N–H and O–H groups in total. The minimum Gasteiger partial charge on any atom is -0.391 e. The number of halogens is 5. The van der Waals surface area contributed by atoms with E-state index >= 15 is 0 Å². The molecular weight excluding hydrogens is 480 g/mol. The second kappa shape index (κ2) is 9.60. The van der Waals surface area contributed by atoms with Gasteiger partial charge in [0.2, 0.25) is 11.2 Å². The Kier molecular flexibility index (Phi) is 6.77. The number of nitrogens with zero attached hydrogens (tertiary/aromatic N) is 5. The number of piperazine rings is 1. The van der Waals surface area contributed by atoms with Crippen LogP contribution in [0.25, 0.3) is 0 Å². The van der Waals surface area contributed by atoms with Crippen molar-refractivity contribution in [1.29, 1.82) is 5.26 Å². The second-order valence-electron chi connectivity index (χ2n) is 7.81. The zero-order chi connectivity index (χ0) is 24.5. The average Bonchev–Trinajstić information content (AvgIpc) is 2.78. The Balaban J connectivity index is 1.60. The van der Waals surface area contributed by atoms with Crippen LogP contribution in [0.2, 0.25) is 5.28 Å². The van der Waals surface area contributed by atoms with Crippen molar-refractivity contribution in [2.24, 2.45) is 0 Å². The number of alkyl halides is 3. The van der Waals surface area contributed by atoms with Gasteiger partial charge in [-0.05, 0) is 30.2 Å². The summed E-state index contributed by atoms with van der Waals surface area (Å²) in [4.78, 5) is 23.7. The molecule has 0 aliphatic carbocycles. The molecular formula is C21H19ClF4N6O2. The highest BCUT2D eigenvalue weighted by Crippen LogP contribution is 2.40. The number of aromatic nitrogens is 2. The van der Waals surface area contributed by atoms with E-state index in [1.807, 2.05) is 6.07 Å². The molecule has 0 saturated carbocycles. The lowest BCUT2D eigenvalue weighted by Crippen LogP contribution is -2.54. The summed E-state index contributed by atoms with van der Waals surface area (Å²) in [7, 11) is 0. The zero-order valence-corrected chi connectivity index (χ0v) is 18.5. The molecule has 1 fully saturated rings. The summed E-state index contributed by atoms with van der Waals surface area (Å²) in [6, 6.07) is 4.83. The van der Waals surface area contributed by atoms with Gasteiger partial charge in [-0.15, -0.1) is 0 Å². The molecule has 3 heterocycles. The van der Waals surface area contributed by atoms with Crippen molar-refractivity contribution in [3.05, 3.63) is 46.1 Å². The van der Waals surface area contributed by atoms with E-state index in [1.54, 1.807) is 0 Å². The molecule has 180 valence electrons. The number of benzene rings is 1. The number of carbonyl (C=O) groups excluding carboxylic acids is 1. The summed E-state index contributed by atoms with van der Waals surface area (Å²) in [5.74, 6) is -1.45. The summed E-state index contributed by atoms with van der Waals surface area (Å²) < 4.78 is 60.0. The fourth-order valence-corrected chi connectivity index (χ4v) is 4.32. The van der Waals surface area contributed by atoms with Gasteiger partial charge in [-0.3, -0.25) is 0 Å². The van der Waals surface area contributed by atoms with Crippen molar-refractivity contribution >= 4 is 23.4 Å². The van der Waals surface area contributed by atoms with Gasteiger partial charge in [-0.25, -0.2) is 14.2 Å². The van der Waals surface area contributed by atoms with Crippen LogP contribution in [0, 0.1) is 17.1 Å². The second-order valence-corrected chi connectivity index (χ2v) is 8.15. The Labute approximate surface area is 197 Å². The molecule has 8 nitrogen and oxygen atoms in total. The van der Waals surface area contributed by atoms with Crippen molar-refractivity contribution in [2.45, 2.75) is 31.6 Å². The van der Waals surface area contributed by atoms with E-state index in [0.717, 1.165) is 6.07 Å². The van der Waals surface area contributed by atoms with Crippen LogP contribution in [-0.4, -0.2) is 53.2 Å². The van der Waals surface area contributed by atoms with Crippen LogP contribution >= 0.6 is 11.6 Å². The van der Waals surface area contributed by atoms with E-state index in [1.165, 1.54) is 21.9 Å². The minimum atomic E-state index is -4.88. The normalized spacial score (nSPS) is 18.3. The molecule has 1 aromatic heterocycles. The fraction of sp³-hybridized carbons (Fsp3) is 0.429. The highest BCUT2D eigenvalue weighted by Gasteiger charge is 2.39. The summed E-state index contributed by atoms with van der Waals surface area (Å²) in [5.41, 5.74) is -0.953. The molecule has 2 aromatic rings. The molecule has 13 heteroatoms. The predicted octanol–water partition coefficient (Wildman–Crippen LogP) is 3.54. The summed E-state index contributed by atoms with van der Waals surface area (Å²) in [6.45, 7) is 1.28. The van der Waals surface area contributed by atoms with Crippen molar-refractivity contribution in [1.82, 2.24) is 20.2 Å². The molecule has 0 radical (unpaired) electrons. The molecule has 1 amide bonds. The number of fused-ring (bicyclic) bond motifs is 1. The van der Waals surface area contributed by atoms with E-state index in [9.17, 15) is 22.4 Å². The summed E-state index contributed by atoms with van der Waals surface area (Å²) >= 11 is 6.01. The summed E-state index contributed by atoms with van der Waals surface area (Å²) in [5, 5.41) is 11.9. The maximum Gasteiger partial charge on any atom is 0.421 e. The van der Waals surface area contributed by atoms with E-state index in [-0.39, 0.29) is 54.5 Å². The third-order valence-electron chi connectivity index (χ3n) is 5.71. The lowest BCUT2D eigenvalue weighted by molar-refractivity contribution is -0.139. The lowest BCUT2D eigenvalue weighted by Gasteiger charge is -2.34. The Bertz CT molecular complexity index is 1140. The molecule has 34 heavy (non-hydrogen) atoms. The van der Waals surface area contributed by atoms with Gasteiger partial charge in [0.05, 0.1) is 36.5 Å². The molecule has 1 atom stereocenters. The van der Waals surface area contributed by atoms with E-state index in [2.05, 4.69) is 15.3 Å². The van der Waals surface area contributed by atoms with Gasteiger partial charge in [0.15, 0.2) is 0 Å². The van der Waals surface area contributed by atoms with Crippen LogP contribution in [0.15, 0.2) is 18.2 Å². The molecule has 2 aliphatic rings. The molecule has 0 bridgehead atoms. The number of ether oxygens (including phenoxy) is 1. The number of hydrogen-bond acceptors (Lipinski definition) is 7. The van der Waals surface area contributed by atoms with Crippen LogP contribution in [0.3, 0.4) is 0 Å². The molecule has 1 unspecified atom stereocenters. The van der Waals surface area contributed by atoms with E-state index < -0.39 is 23.7 Å². The highest BCUT2D eigenvalue weighted by atomic mass is 35.5. The first-order valence-corrected chi connectivity index (χ1v) is 10.8. The van der Waals surface area contributed by atoms with Gasteiger partial charge >= 0.3 is 12.3 Å². The Morgan fingerprint density at radius 3 is 2.85 bits per heavy atom. The number of nitrogens with one attached hydrogen (secondary N) is 1. The Hall–Kier alpha value is -3.17. The highest BCUT2D eigenvalue weighted by molar-refractivity contribution is 6.28. The first-order valence-electron chi connectivity index (χ1n) is 10.4. The molecule has 2 aliphatic heterocycles. The number of hydrogen-bond donors (Lipinski definition) is 1. The average molecular weight is 499 g/mol. The van der Waals surface area contributed by atoms with Crippen molar-refractivity contribution < 1.29 is 27.1 Å². The van der Waals surface area contributed by atoms with Crippen LogP contribution in [0.5, 0.6) is 5.88 Å². The van der Waals surface area contributed by atoms with E-state index in [0.29, 0.717) is 25.2 Å². The Morgan fingerprint density at radius 2 is 2.12 bits per heavy atom. The maximum atomic E-state index is 14.1. The van der Waals surface area contributed by atoms with Gasteiger partial charge in [0.25, 0.3) is 0 Å². The number of rotatable bonds is 3. The molecule has 4 rings (SSSR count). The van der Waals surface area contributed by atoms with Gasteiger partial charge in [-0.1, -0.05) is 6.07 Å². The van der Waals surface area contributed by atoms with Crippen molar-refractivity contribution in [3.63, 3.8) is 0 Å². The first-order chi connectivity index (χ1) is 16.2. The number of nitriles is 1. The van der Waals surface area contributed by atoms with Crippen LogP contribution in [0.1, 0.15) is 23.2 Å². The SMILES string of the molecule is N#CCC1CNCCN1C(=O)Oc1nc(Cl)nc2c1CCN(c1cccc(F)c1C(F)(F)F)C2. The quantitative estimate of drug-likeness (QED) is 0.511. The summed E-state index contributed by atoms with van der Waals surface area (Å²) in [6.07, 6.45) is -5.32. The van der Waals surface area contributed by atoms with Gasteiger partial charge < -0.3 is 19.9 Å². The van der Waals surface area contributed by atoms with Crippen LogP contribution in [0.4, 0.5) is 28.0 Å². The topological polar surface area (TPSA) is 94.4 Å². The monoisotopic (exact) mass is 498 g/mol. The predicted molar refractivity (Wildman–Crippen MR) is 113 cm³/mol. The lowest BCUT2D eigenvalue weighted by atomic mass is 10.0. The van der Waals surface area contributed by atoms with E-state index in [4.69, 9.17) is 21.6 Å². The Morgan fingerprint density at radius 1 is 1.32 bits per heavy atom. The number of amides is 1. The zero-order valence-electron chi connectivity index (χ0n) is 17.7. The standard InChI is InChI=1S/C21H19ClF4N6O2/c22-19-29-15-11-31(16-3-1-2-14(23)17(16)21(24,25)26)8-5-13(15)18(30-19)34-20(33)32-9-7-28-10-12(32)4-6-27/h1-3,12,28H,4-5,7-11H2. The maximum absolute atomic E-state index is 14.1. The van der Waals surface area contributed by atoms with Gasteiger partial charge in [0, 0.05) is 31.7 Å². The van der Waals surface area contributed by atoms with Gasteiger partial charge in [0.1, 0.15) is 11.4 Å². The smallest absolute Gasteiger partial charge is 0.391 e. The third kappa shape index (κ3) is 4.85.